The molecule has 0 bridgehead atoms. The lowest BCUT2D eigenvalue weighted by molar-refractivity contribution is -0.143. The lowest BCUT2D eigenvalue weighted by Crippen LogP contribution is -2.31. The van der Waals surface area contributed by atoms with E-state index in [1.54, 1.807) is 4.90 Å². The number of carbonyl (C=O) groups is 3. The fraction of sp³-hybridized carbons (Fsp3) is 0.714. The number of nitriles is 1. The highest BCUT2D eigenvalue weighted by Gasteiger charge is 2.13. The van der Waals surface area contributed by atoms with Gasteiger partial charge in [0.15, 0.2) is 0 Å². The summed E-state index contributed by atoms with van der Waals surface area (Å²) in [5, 5.41) is 8.35. The highest BCUT2D eigenvalue weighted by Crippen LogP contribution is 2.00. The normalized spacial score (nSPS) is 9.91. The summed E-state index contributed by atoms with van der Waals surface area (Å²) in [7, 11) is 2.60. The first kappa shape index (κ1) is 19.9. The first-order valence-electron chi connectivity index (χ1n) is 6.92. The van der Waals surface area contributed by atoms with E-state index >= 15 is 0 Å². The maximum Gasteiger partial charge on any atom is 0.307 e. The van der Waals surface area contributed by atoms with E-state index in [2.05, 4.69) is 9.47 Å². The molecule has 0 unspecified atom stereocenters. The van der Waals surface area contributed by atoms with Crippen molar-refractivity contribution >= 4 is 17.9 Å². The average Bonchev–Trinajstić information content (AvgIpc) is 2.53. The number of hydrogen-bond donors (Lipinski definition) is 0. The van der Waals surface area contributed by atoms with Gasteiger partial charge in [0.2, 0.25) is 0 Å². The minimum atomic E-state index is -0.420. The fourth-order valence-corrected chi connectivity index (χ4v) is 1.57. The fourth-order valence-electron chi connectivity index (χ4n) is 1.57. The molecule has 0 amide bonds. The van der Waals surface area contributed by atoms with Gasteiger partial charge in [-0.2, -0.15) is 5.26 Å². The Hall–Kier alpha value is -2.14. The summed E-state index contributed by atoms with van der Waals surface area (Å²) in [6.45, 7) is 1.16. The molecule has 0 aromatic heterocycles. The molecule has 0 fully saturated rings. The molecule has 0 saturated carbocycles. The molecule has 124 valence electrons. The van der Waals surface area contributed by atoms with Gasteiger partial charge in [0.25, 0.3) is 0 Å². The van der Waals surface area contributed by atoms with Gasteiger partial charge >= 0.3 is 17.9 Å². The van der Waals surface area contributed by atoms with E-state index in [4.69, 9.17) is 10.00 Å². The number of rotatable bonds is 11. The number of nitrogens with zero attached hydrogens (tertiary/aromatic N) is 2. The second-order valence-electron chi connectivity index (χ2n) is 4.37. The van der Waals surface area contributed by atoms with Gasteiger partial charge in [-0.05, 0) is 0 Å². The minimum Gasteiger partial charge on any atom is -0.469 e. The van der Waals surface area contributed by atoms with Crippen LogP contribution < -0.4 is 0 Å². The van der Waals surface area contributed by atoms with Crippen LogP contribution in [0.25, 0.3) is 0 Å². The van der Waals surface area contributed by atoms with Gasteiger partial charge < -0.3 is 19.1 Å². The third-order valence-electron chi connectivity index (χ3n) is 2.83. The Bertz CT molecular complexity index is 385. The van der Waals surface area contributed by atoms with Gasteiger partial charge in [-0.1, -0.05) is 0 Å². The highest BCUT2D eigenvalue weighted by molar-refractivity contribution is 5.70. The molecule has 0 spiro atoms. The first-order chi connectivity index (χ1) is 10.5. The number of hydrogen-bond acceptors (Lipinski definition) is 8. The lowest BCUT2D eigenvalue weighted by Gasteiger charge is -2.20. The van der Waals surface area contributed by atoms with Crippen LogP contribution in [-0.2, 0) is 28.6 Å². The van der Waals surface area contributed by atoms with E-state index in [0.717, 1.165) is 0 Å². The third-order valence-corrected chi connectivity index (χ3v) is 2.83. The van der Waals surface area contributed by atoms with Crippen molar-refractivity contribution in [3.8, 4) is 6.07 Å². The predicted octanol–water partition coefficient (Wildman–Crippen LogP) is 0.262. The van der Waals surface area contributed by atoms with Crippen LogP contribution >= 0.6 is 0 Å². The maximum atomic E-state index is 11.5. The van der Waals surface area contributed by atoms with Crippen molar-refractivity contribution in [1.82, 2.24) is 4.90 Å². The van der Waals surface area contributed by atoms with E-state index in [9.17, 15) is 14.4 Å². The molecular weight excluding hydrogens is 292 g/mol. The summed E-state index contributed by atoms with van der Waals surface area (Å²) >= 11 is 0. The Balaban J connectivity index is 4.20. The minimum absolute atomic E-state index is 0.0691. The van der Waals surface area contributed by atoms with E-state index in [1.807, 2.05) is 6.07 Å². The van der Waals surface area contributed by atoms with Gasteiger partial charge in [0.1, 0.15) is 6.61 Å². The van der Waals surface area contributed by atoms with Crippen molar-refractivity contribution in [2.45, 2.75) is 25.7 Å². The van der Waals surface area contributed by atoms with Crippen LogP contribution in [0.1, 0.15) is 25.7 Å². The summed E-state index contributed by atoms with van der Waals surface area (Å²) < 4.78 is 14.0. The highest BCUT2D eigenvalue weighted by atomic mass is 16.5. The van der Waals surface area contributed by atoms with Crippen molar-refractivity contribution in [3.05, 3.63) is 0 Å². The summed E-state index contributed by atoms with van der Waals surface area (Å²) in [6.07, 6.45) is 0.607. The van der Waals surface area contributed by atoms with Crippen LogP contribution in [-0.4, -0.2) is 63.3 Å². The van der Waals surface area contributed by atoms with Gasteiger partial charge in [0.05, 0.1) is 46.0 Å². The zero-order valence-electron chi connectivity index (χ0n) is 13.0. The third kappa shape index (κ3) is 10.6. The summed E-state index contributed by atoms with van der Waals surface area (Å²) in [5.74, 6) is -1.14. The molecule has 0 aliphatic rings. The van der Waals surface area contributed by atoms with Crippen molar-refractivity contribution in [2.75, 3.05) is 40.5 Å². The molecule has 0 N–H and O–H groups in total. The molecule has 0 atom stereocenters. The molecule has 0 aromatic rings. The molecule has 0 aliphatic heterocycles. The van der Waals surface area contributed by atoms with E-state index in [1.165, 1.54) is 14.2 Å². The van der Waals surface area contributed by atoms with Crippen LogP contribution in [0.5, 0.6) is 0 Å². The largest absolute Gasteiger partial charge is 0.469 e. The van der Waals surface area contributed by atoms with Crippen LogP contribution in [0, 0.1) is 11.3 Å². The van der Waals surface area contributed by atoms with Crippen LogP contribution in [0.15, 0.2) is 0 Å². The summed E-state index contributed by atoms with van der Waals surface area (Å²) in [5.41, 5.74) is 0. The van der Waals surface area contributed by atoms with Crippen molar-refractivity contribution < 1.29 is 28.6 Å². The Labute approximate surface area is 129 Å². The molecule has 0 aromatic carbocycles. The topological polar surface area (TPSA) is 106 Å². The zero-order chi connectivity index (χ0) is 16.8. The molecule has 0 saturated heterocycles. The quantitative estimate of drug-likeness (QED) is 0.304. The monoisotopic (exact) mass is 314 g/mol. The molecule has 22 heavy (non-hydrogen) atoms. The lowest BCUT2D eigenvalue weighted by atomic mass is 10.3. The molecular formula is C14H22N2O6. The Kier molecular flexibility index (Phi) is 11.4. The standard InChI is InChI=1S/C14H22N2O6/c1-20-12(17)4-8-16(9-5-13(18)21-2)10-6-14(19)22-11-3-7-15/h3-6,8-11H2,1-2H3. The number of methoxy groups -OCH3 is 2. The zero-order valence-corrected chi connectivity index (χ0v) is 13.0. The van der Waals surface area contributed by atoms with Crippen molar-refractivity contribution in [1.29, 1.82) is 5.26 Å². The van der Waals surface area contributed by atoms with E-state index < -0.39 is 5.97 Å². The predicted molar refractivity (Wildman–Crippen MR) is 75.5 cm³/mol. The molecule has 8 nitrogen and oxygen atoms in total. The second-order valence-corrected chi connectivity index (χ2v) is 4.37. The van der Waals surface area contributed by atoms with Crippen molar-refractivity contribution in [3.63, 3.8) is 0 Å². The van der Waals surface area contributed by atoms with E-state index in [0.29, 0.717) is 19.6 Å². The Morgan fingerprint density at radius 1 is 0.909 bits per heavy atom. The first-order valence-corrected chi connectivity index (χ1v) is 6.92. The number of carbonyl (C=O) groups excluding carboxylic acids is 3. The summed E-state index contributed by atoms with van der Waals surface area (Å²) in [6, 6.07) is 1.88. The van der Waals surface area contributed by atoms with Gasteiger partial charge in [0, 0.05) is 19.6 Å². The number of ether oxygens (including phenoxy) is 3. The van der Waals surface area contributed by atoms with Gasteiger partial charge in [-0.25, -0.2) is 0 Å². The summed E-state index contributed by atoms with van der Waals surface area (Å²) in [4.78, 5) is 35.6. The van der Waals surface area contributed by atoms with Gasteiger partial charge in [-0.15, -0.1) is 0 Å². The smallest absolute Gasteiger partial charge is 0.307 e. The molecule has 0 aliphatic carbocycles. The molecule has 8 heteroatoms. The average molecular weight is 314 g/mol. The maximum absolute atomic E-state index is 11.5. The number of esters is 3. The van der Waals surface area contributed by atoms with Crippen LogP contribution in [0.2, 0.25) is 0 Å². The molecule has 0 radical (unpaired) electrons. The Morgan fingerprint density at radius 3 is 1.77 bits per heavy atom. The van der Waals surface area contributed by atoms with Crippen molar-refractivity contribution in [2.24, 2.45) is 0 Å². The Morgan fingerprint density at radius 2 is 1.36 bits per heavy atom. The van der Waals surface area contributed by atoms with E-state index in [-0.39, 0.29) is 44.2 Å². The van der Waals surface area contributed by atoms with Gasteiger partial charge in [-0.3, -0.25) is 14.4 Å². The molecule has 0 heterocycles. The van der Waals surface area contributed by atoms with Crippen LogP contribution in [0.3, 0.4) is 0 Å². The second kappa shape index (κ2) is 12.6. The SMILES string of the molecule is COC(=O)CCN(CCC(=O)OC)CCC(=O)OCCC#N. The van der Waals surface area contributed by atoms with Crippen LogP contribution in [0.4, 0.5) is 0 Å². The molecule has 0 rings (SSSR count).